The van der Waals surface area contributed by atoms with Gasteiger partial charge in [-0.15, -0.1) is 0 Å². The zero-order valence-corrected chi connectivity index (χ0v) is 11.9. The van der Waals surface area contributed by atoms with Crippen molar-refractivity contribution in [3.63, 3.8) is 0 Å². The average Bonchev–Trinajstić information content (AvgIpc) is 3.08. The van der Waals surface area contributed by atoms with Crippen LogP contribution in [0.25, 0.3) is 0 Å². The molecule has 1 aliphatic rings. The minimum atomic E-state index is -1.29. The van der Waals surface area contributed by atoms with Crippen molar-refractivity contribution in [2.45, 2.75) is 38.0 Å². The van der Waals surface area contributed by atoms with Crippen LogP contribution in [0.3, 0.4) is 0 Å². The molecule has 116 valence electrons. The fourth-order valence-electron chi connectivity index (χ4n) is 2.37. The minimum absolute atomic E-state index is 0.0863. The third kappa shape index (κ3) is 3.25. The van der Waals surface area contributed by atoms with E-state index in [2.05, 4.69) is 5.32 Å². The number of amides is 2. The van der Waals surface area contributed by atoms with E-state index in [0.29, 0.717) is 6.54 Å². The number of aliphatic hydroxyl groups is 2. The molecule has 1 aliphatic heterocycles. The molecule has 1 fully saturated rings. The predicted molar refractivity (Wildman–Crippen MR) is 73.5 cm³/mol. The highest BCUT2D eigenvalue weighted by Gasteiger charge is 2.46. The number of hydrogen-bond donors (Lipinski definition) is 3. The number of nitrogens with zero attached hydrogens (tertiary/aromatic N) is 1. The lowest BCUT2D eigenvalue weighted by Gasteiger charge is -2.24. The summed E-state index contributed by atoms with van der Waals surface area (Å²) in [5.74, 6) is -0.903. The summed E-state index contributed by atoms with van der Waals surface area (Å²) < 4.78 is 4.85. The third-order valence-corrected chi connectivity index (χ3v) is 3.56. The fraction of sp³-hybridized carbons (Fsp3) is 0.571. The lowest BCUT2D eigenvalue weighted by molar-refractivity contribution is -0.127. The first kappa shape index (κ1) is 15.5. The molecule has 0 radical (unpaired) electrons. The second-order valence-corrected chi connectivity index (χ2v) is 5.12. The Morgan fingerprint density at radius 1 is 1.48 bits per heavy atom. The van der Waals surface area contributed by atoms with Gasteiger partial charge in [-0.3, -0.25) is 9.59 Å². The lowest BCUT2D eigenvalue weighted by atomic mass is 10.1. The Bertz CT molecular complexity index is 488. The van der Waals surface area contributed by atoms with Crippen LogP contribution in [0.2, 0.25) is 0 Å². The van der Waals surface area contributed by atoms with Crippen LogP contribution in [0.1, 0.15) is 30.1 Å². The van der Waals surface area contributed by atoms with Crippen LogP contribution < -0.4 is 5.32 Å². The summed E-state index contributed by atoms with van der Waals surface area (Å²) in [5, 5.41) is 22.4. The van der Waals surface area contributed by atoms with Gasteiger partial charge in [-0.25, -0.2) is 0 Å². The SMILES string of the molecule is CCCCNC(=O)C1[C@H](O)[C@@H](O)CN1C(=O)c1ccoc1. The van der Waals surface area contributed by atoms with Gasteiger partial charge in [0.05, 0.1) is 18.4 Å². The highest BCUT2D eigenvalue weighted by Crippen LogP contribution is 2.22. The van der Waals surface area contributed by atoms with Gasteiger partial charge in [-0.2, -0.15) is 0 Å². The van der Waals surface area contributed by atoms with E-state index < -0.39 is 30.1 Å². The van der Waals surface area contributed by atoms with Crippen molar-refractivity contribution in [1.29, 1.82) is 0 Å². The maximum atomic E-state index is 12.3. The Balaban J connectivity index is 2.11. The van der Waals surface area contributed by atoms with E-state index in [1.54, 1.807) is 0 Å². The quantitative estimate of drug-likeness (QED) is 0.650. The zero-order valence-electron chi connectivity index (χ0n) is 11.9. The van der Waals surface area contributed by atoms with Crippen molar-refractivity contribution in [3.05, 3.63) is 24.2 Å². The molecule has 0 aliphatic carbocycles. The number of aliphatic hydroxyl groups excluding tert-OH is 2. The maximum absolute atomic E-state index is 12.3. The molecule has 1 aromatic rings. The topological polar surface area (TPSA) is 103 Å². The summed E-state index contributed by atoms with van der Waals surface area (Å²) >= 11 is 0. The van der Waals surface area contributed by atoms with Crippen LogP contribution in [0.5, 0.6) is 0 Å². The van der Waals surface area contributed by atoms with Gasteiger partial charge >= 0.3 is 0 Å². The first-order valence-electron chi connectivity index (χ1n) is 7.03. The number of furan rings is 1. The van der Waals surface area contributed by atoms with Gasteiger partial charge in [0, 0.05) is 6.54 Å². The molecule has 1 aromatic heterocycles. The van der Waals surface area contributed by atoms with Gasteiger partial charge in [-0.1, -0.05) is 13.3 Å². The standard InChI is InChI=1S/C14H20N2O5/c1-2-3-5-15-13(19)11-12(18)10(17)7-16(11)14(20)9-4-6-21-8-9/h4,6,8,10-12,17-18H,2-3,5,7H2,1H3,(H,15,19)/t10-,11?,12+/m0/s1. The number of likely N-dealkylation sites (tertiary alicyclic amines) is 1. The van der Waals surface area contributed by atoms with Gasteiger partial charge in [-0.05, 0) is 12.5 Å². The molecule has 21 heavy (non-hydrogen) atoms. The van der Waals surface area contributed by atoms with E-state index in [-0.39, 0.29) is 12.1 Å². The summed E-state index contributed by atoms with van der Waals surface area (Å²) in [6.07, 6.45) is 1.93. The summed E-state index contributed by atoms with van der Waals surface area (Å²) in [6, 6.07) is 0.394. The number of β-amino-alcohol motifs (C(OH)–C–C–N with tert-alkyl or cyclic N) is 1. The van der Waals surface area contributed by atoms with E-state index in [0.717, 1.165) is 12.8 Å². The Kier molecular flexibility index (Phi) is 4.98. The second kappa shape index (κ2) is 6.73. The highest BCUT2D eigenvalue weighted by atomic mass is 16.3. The average molecular weight is 296 g/mol. The summed E-state index contributed by atoms with van der Waals surface area (Å²) in [6.45, 7) is 2.38. The highest BCUT2D eigenvalue weighted by molar-refractivity contribution is 5.98. The first-order valence-corrected chi connectivity index (χ1v) is 7.03. The zero-order chi connectivity index (χ0) is 15.4. The molecule has 7 heteroatoms. The normalized spacial score (nSPS) is 25.1. The number of carbonyl (C=O) groups excluding carboxylic acids is 2. The molecule has 7 nitrogen and oxygen atoms in total. The Morgan fingerprint density at radius 3 is 2.86 bits per heavy atom. The van der Waals surface area contributed by atoms with Gasteiger partial charge in [0.2, 0.25) is 5.91 Å². The van der Waals surface area contributed by atoms with E-state index >= 15 is 0 Å². The number of rotatable bonds is 5. The van der Waals surface area contributed by atoms with E-state index in [4.69, 9.17) is 4.42 Å². The van der Waals surface area contributed by atoms with Crippen molar-refractivity contribution in [3.8, 4) is 0 Å². The summed E-state index contributed by atoms with van der Waals surface area (Å²) in [7, 11) is 0. The predicted octanol–water partition coefficient (Wildman–Crippen LogP) is -0.258. The Labute approximate surface area is 122 Å². The number of carbonyl (C=O) groups is 2. The van der Waals surface area contributed by atoms with Gasteiger partial charge in [0.1, 0.15) is 24.5 Å². The molecule has 2 rings (SSSR count). The molecule has 2 heterocycles. The number of nitrogens with one attached hydrogen (secondary N) is 1. The Morgan fingerprint density at radius 2 is 2.24 bits per heavy atom. The largest absolute Gasteiger partial charge is 0.472 e. The Hall–Kier alpha value is -1.86. The van der Waals surface area contributed by atoms with Crippen LogP contribution in [0.15, 0.2) is 23.0 Å². The molecule has 3 atom stereocenters. The van der Waals surface area contributed by atoms with Crippen molar-refractivity contribution in [2.24, 2.45) is 0 Å². The van der Waals surface area contributed by atoms with Crippen molar-refractivity contribution >= 4 is 11.8 Å². The van der Waals surface area contributed by atoms with E-state index in [9.17, 15) is 19.8 Å². The molecule has 3 N–H and O–H groups in total. The number of unbranched alkanes of at least 4 members (excludes halogenated alkanes) is 1. The molecule has 2 amide bonds. The van der Waals surface area contributed by atoms with Crippen LogP contribution in [0.4, 0.5) is 0 Å². The van der Waals surface area contributed by atoms with Crippen LogP contribution >= 0.6 is 0 Å². The molecule has 0 aromatic carbocycles. The van der Waals surface area contributed by atoms with E-state index in [1.807, 2.05) is 6.92 Å². The fourth-order valence-corrected chi connectivity index (χ4v) is 2.37. The van der Waals surface area contributed by atoms with Crippen LogP contribution in [-0.4, -0.2) is 58.3 Å². The van der Waals surface area contributed by atoms with Crippen LogP contribution in [0, 0.1) is 0 Å². The molecule has 1 unspecified atom stereocenters. The molecule has 0 saturated carbocycles. The molecule has 0 bridgehead atoms. The number of hydrogen-bond acceptors (Lipinski definition) is 5. The van der Waals surface area contributed by atoms with Gasteiger partial charge in [0.25, 0.3) is 5.91 Å². The van der Waals surface area contributed by atoms with Crippen LogP contribution in [-0.2, 0) is 4.79 Å². The molecule has 0 spiro atoms. The van der Waals surface area contributed by atoms with Crippen molar-refractivity contribution in [2.75, 3.05) is 13.1 Å². The van der Waals surface area contributed by atoms with Gasteiger partial charge in [0.15, 0.2) is 0 Å². The van der Waals surface area contributed by atoms with E-state index in [1.165, 1.54) is 23.5 Å². The second-order valence-electron chi connectivity index (χ2n) is 5.12. The lowest BCUT2D eigenvalue weighted by Crippen LogP contribution is -2.50. The summed E-state index contributed by atoms with van der Waals surface area (Å²) in [4.78, 5) is 25.7. The smallest absolute Gasteiger partial charge is 0.257 e. The maximum Gasteiger partial charge on any atom is 0.257 e. The first-order chi connectivity index (χ1) is 10.1. The van der Waals surface area contributed by atoms with Crippen molar-refractivity contribution in [1.82, 2.24) is 10.2 Å². The molecule has 1 saturated heterocycles. The van der Waals surface area contributed by atoms with Gasteiger partial charge < -0.3 is 24.8 Å². The summed E-state index contributed by atoms with van der Waals surface area (Å²) in [5.41, 5.74) is 0.280. The van der Waals surface area contributed by atoms with Crippen molar-refractivity contribution < 1.29 is 24.2 Å². The monoisotopic (exact) mass is 296 g/mol. The minimum Gasteiger partial charge on any atom is -0.472 e. The third-order valence-electron chi connectivity index (χ3n) is 3.56. The molecular formula is C14H20N2O5. The molecular weight excluding hydrogens is 276 g/mol.